The van der Waals surface area contributed by atoms with Gasteiger partial charge in [-0.1, -0.05) is 48.5 Å². The molecule has 0 radical (unpaired) electrons. The average molecular weight is 402 g/mol. The number of ether oxygens (including phenoxy) is 1. The Morgan fingerprint density at radius 2 is 1.63 bits per heavy atom. The van der Waals surface area contributed by atoms with Gasteiger partial charge in [-0.2, -0.15) is 0 Å². The quantitative estimate of drug-likeness (QED) is 0.510. The highest BCUT2D eigenvalue weighted by Crippen LogP contribution is 2.24. The van der Waals surface area contributed by atoms with Gasteiger partial charge in [0.2, 0.25) is 5.91 Å². The highest BCUT2D eigenvalue weighted by Gasteiger charge is 2.11. The van der Waals surface area contributed by atoms with Crippen LogP contribution < -0.4 is 15.4 Å². The molecule has 0 saturated carbocycles. The zero-order valence-corrected chi connectivity index (χ0v) is 17.1. The van der Waals surface area contributed by atoms with E-state index in [1.165, 1.54) is 5.56 Å². The predicted octanol–water partition coefficient (Wildman–Crippen LogP) is 5.30. The molecular formula is C25H26N2O3. The van der Waals surface area contributed by atoms with Gasteiger partial charge in [-0.05, 0) is 55.7 Å². The first kappa shape index (κ1) is 21.1. The lowest BCUT2D eigenvalue weighted by Crippen LogP contribution is -2.15. The SMILES string of the molecule is CCOc1ccccc1NC(=O)c1cccc(NC(=O)CCCc2ccccc2)c1. The molecule has 0 aliphatic rings. The fraction of sp³-hybridized carbons (Fsp3) is 0.200. The van der Waals surface area contributed by atoms with E-state index >= 15 is 0 Å². The van der Waals surface area contributed by atoms with Crippen LogP contribution in [-0.4, -0.2) is 18.4 Å². The maximum atomic E-state index is 12.7. The molecule has 3 rings (SSSR count). The molecule has 5 heteroatoms. The van der Waals surface area contributed by atoms with Crippen molar-refractivity contribution in [3.63, 3.8) is 0 Å². The molecule has 0 aliphatic carbocycles. The zero-order valence-electron chi connectivity index (χ0n) is 17.1. The van der Waals surface area contributed by atoms with Gasteiger partial charge in [0.25, 0.3) is 5.91 Å². The Kier molecular flexibility index (Phi) is 7.61. The molecule has 30 heavy (non-hydrogen) atoms. The van der Waals surface area contributed by atoms with Crippen LogP contribution in [0, 0.1) is 0 Å². The molecule has 3 aromatic carbocycles. The van der Waals surface area contributed by atoms with Gasteiger partial charge in [0.05, 0.1) is 12.3 Å². The van der Waals surface area contributed by atoms with Crippen LogP contribution in [0.2, 0.25) is 0 Å². The van der Waals surface area contributed by atoms with E-state index in [-0.39, 0.29) is 11.8 Å². The number of amides is 2. The lowest BCUT2D eigenvalue weighted by atomic mass is 10.1. The molecular weight excluding hydrogens is 376 g/mol. The van der Waals surface area contributed by atoms with E-state index in [4.69, 9.17) is 4.74 Å². The van der Waals surface area contributed by atoms with Crippen molar-refractivity contribution in [2.45, 2.75) is 26.2 Å². The fourth-order valence-corrected chi connectivity index (χ4v) is 3.11. The van der Waals surface area contributed by atoms with Gasteiger partial charge in [0, 0.05) is 17.7 Å². The summed E-state index contributed by atoms with van der Waals surface area (Å²) >= 11 is 0. The second-order valence-corrected chi connectivity index (χ2v) is 6.85. The van der Waals surface area contributed by atoms with E-state index in [1.54, 1.807) is 30.3 Å². The molecule has 3 aromatic rings. The van der Waals surface area contributed by atoms with Crippen LogP contribution in [0.15, 0.2) is 78.9 Å². The summed E-state index contributed by atoms with van der Waals surface area (Å²) in [5, 5.41) is 5.74. The maximum absolute atomic E-state index is 12.7. The average Bonchev–Trinajstić information content (AvgIpc) is 2.76. The fourth-order valence-electron chi connectivity index (χ4n) is 3.11. The van der Waals surface area contributed by atoms with Gasteiger partial charge < -0.3 is 15.4 Å². The second-order valence-electron chi connectivity index (χ2n) is 6.85. The minimum atomic E-state index is -0.262. The van der Waals surface area contributed by atoms with E-state index in [0.29, 0.717) is 35.7 Å². The molecule has 0 spiro atoms. The molecule has 2 N–H and O–H groups in total. The molecule has 0 aromatic heterocycles. The third kappa shape index (κ3) is 6.21. The standard InChI is InChI=1S/C25H26N2O3/c1-2-30-23-16-7-6-15-22(23)27-25(29)20-13-9-14-21(18-20)26-24(28)17-8-12-19-10-4-3-5-11-19/h3-7,9-11,13-16,18H,2,8,12,17H2,1H3,(H,26,28)(H,27,29). The highest BCUT2D eigenvalue weighted by atomic mass is 16.5. The summed E-state index contributed by atoms with van der Waals surface area (Å²) in [6.45, 7) is 2.41. The van der Waals surface area contributed by atoms with Crippen LogP contribution in [-0.2, 0) is 11.2 Å². The van der Waals surface area contributed by atoms with Crippen molar-refractivity contribution in [3.05, 3.63) is 90.0 Å². The van der Waals surface area contributed by atoms with Crippen molar-refractivity contribution in [1.82, 2.24) is 0 Å². The Bertz CT molecular complexity index is 986. The summed E-state index contributed by atoms with van der Waals surface area (Å²) in [7, 11) is 0. The zero-order chi connectivity index (χ0) is 21.2. The Morgan fingerprint density at radius 3 is 2.43 bits per heavy atom. The van der Waals surface area contributed by atoms with Gasteiger partial charge in [0.15, 0.2) is 0 Å². The predicted molar refractivity (Wildman–Crippen MR) is 120 cm³/mol. The monoisotopic (exact) mass is 402 g/mol. The summed E-state index contributed by atoms with van der Waals surface area (Å²) in [5.41, 5.74) is 2.89. The third-order valence-corrected chi connectivity index (χ3v) is 4.56. The maximum Gasteiger partial charge on any atom is 0.255 e. The lowest BCUT2D eigenvalue weighted by molar-refractivity contribution is -0.116. The van der Waals surface area contributed by atoms with E-state index in [2.05, 4.69) is 22.8 Å². The number of rotatable bonds is 9. The topological polar surface area (TPSA) is 67.4 Å². The molecule has 0 saturated heterocycles. The minimum absolute atomic E-state index is 0.0646. The smallest absolute Gasteiger partial charge is 0.255 e. The second kappa shape index (κ2) is 10.8. The number of nitrogens with one attached hydrogen (secondary N) is 2. The lowest BCUT2D eigenvalue weighted by Gasteiger charge is -2.12. The van der Waals surface area contributed by atoms with E-state index in [1.807, 2.05) is 43.3 Å². The van der Waals surface area contributed by atoms with Crippen molar-refractivity contribution in [2.75, 3.05) is 17.2 Å². The Balaban J connectivity index is 1.56. The van der Waals surface area contributed by atoms with Crippen LogP contribution in [0.5, 0.6) is 5.75 Å². The van der Waals surface area contributed by atoms with Crippen molar-refractivity contribution in [2.24, 2.45) is 0 Å². The van der Waals surface area contributed by atoms with Crippen molar-refractivity contribution < 1.29 is 14.3 Å². The van der Waals surface area contributed by atoms with Crippen LogP contribution in [0.3, 0.4) is 0 Å². The number of carbonyl (C=O) groups is 2. The van der Waals surface area contributed by atoms with Crippen molar-refractivity contribution in [1.29, 1.82) is 0 Å². The highest BCUT2D eigenvalue weighted by molar-refractivity contribution is 6.06. The molecule has 5 nitrogen and oxygen atoms in total. The normalized spacial score (nSPS) is 10.3. The van der Waals surface area contributed by atoms with Gasteiger partial charge >= 0.3 is 0 Å². The number of anilines is 2. The molecule has 0 fully saturated rings. The molecule has 0 atom stereocenters. The van der Waals surface area contributed by atoms with Gasteiger partial charge in [0.1, 0.15) is 5.75 Å². The van der Waals surface area contributed by atoms with Gasteiger partial charge in [-0.15, -0.1) is 0 Å². The molecule has 0 aliphatic heterocycles. The van der Waals surface area contributed by atoms with Crippen molar-refractivity contribution in [3.8, 4) is 5.75 Å². The van der Waals surface area contributed by atoms with Crippen LogP contribution >= 0.6 is 0 Å². The first-order valence-corrected chi connectivity index (χ1v) is 10.1. The molecule has 154 valence electrons. The summed E-state index contributed by atoms with van der Waals surface area (Å²) in [6.07, 6.45) is 2.05. The minimum Gasteiger partial charge on any atom is -0.492 e. The number of aryl methyl sites for hydroxylation is 1. The van der Waals surface area contributed by atoms with E-state index < -0.39 is 0 Å². The Labute approximate surface area is 177 Å². The van der Waals surface area contributed by atoms with E-state index in [0.717, 1.165) is 12.8 Å². The summed E-state index contributed by atoms with van der Waals surface area (Å²) in [6, 6.07) is 24.3. The summed E-state index contributed by atoms with van der Waals surface area (Å²) in [5.74, 6) is 0.295. The molecule has 0 unspecified atom stereocenters. The number of hydrogen-bond acceptors (Lipinski definition) is 3. The first-order valence-electron chi connectivity index (χ1n) is 10.1. The number of para-hydroxylation sites is 2. The summed E-state index contributed by atoms with van der Waals surface area (Å²) in [4.78, 5) is 24.9. The molecule has 0 heterocycles. The van der Waals surface area contributed by atoms with Gasteiger partial charge in [-0.3, -0.25) is 9.59 Å². The van der Waals surface area contributed by atoms with Crippen LogP contribution in [0.1, 0.15) is 35.7 Å². The van der Waals surface area contributed by atoms with Gasteiger partial charge in [-0.25, -0.2) is 0 Å². The third-order valence-electron chi connectivity index (χ3n) is 4.56. The Morgan fingerprint density at radius 1 is 0.867 bits per heavy atom. The largest absolute Gasteiger partial charge is 0.492 e. The van der Waals surface area contributed by atoms with Crippen LogP contribution in [0.25, 0.3) is 0 Å². The van der Waals surface area contributed by atoms with Crippen molar-refractivity contribution >= 4 is 23.2 Å². The van der Waals surface area contributed by atoms with Crippen LogP contribution in [0.4, 0.5) is 11.4 Å². The Hall–Kier alpha value is -3.60. The molecule has 2 amide bonds. The number of carbonyl (C=O) groups excluding carboxylic acids is 2. The first-order chi connectivity index (χ1) is 14.7. The van der Waals surface area contributed by atoms with E-state index in [9.17, 15) is 9.59 Å². The summed E-state index contributed by atoms with van der Waals surface area (Å²) < 4.78 is 5.55. The molecule has 0 bridgehead atoms. The number of hydrogen-bond donors (Lipinski definition) is 2. The number of benzene rings is 3.